The third kappa shape index (κ3) is 3.19. The van der Waals surface area contributed by atoms with Gasteiger partial charge in [-0.3, -0.25) is 0 Å². The zero-order chi connectivity index (χ0) is 14.5. The van der Waals surface area contributed by atoms with E-state index in [1.165, 1.54) is 5.56 Å². The largest absolute Gasteiger partial charge is 0.508 e. The summed E-state index contributed by atoms with van der Waals surface area (Å²) in [7, 11) is 1.91. The molecule has 0 unspecified atom stereocenters. The summed E-state index contributed by atoms with van der Waals surface area (Å²) in [5, 5.41) is 21.6. The fourth-order valence-corrected chi connectivity index (χ4v) is 2.17. The van der Waals surface area contributed by atoms with Crippen molar-refractivity contribution in [2.24, 2.45) is 7.05 Å². The molecular weight excluding hydrogens is 250 g/mol. The maximum absolute atomic E-state index is 9.21. The molecule has 1 aromatic carbocycles. The molecule has 2 aromatic rings. The fourth-order valence-electron chi connectivity index (χ4n) is 2.17. The normalized spacial score (nSPS) is 10.4. The summed E-state index contributed by atoms with van der Waals surface area (Å²) in [6.07, 6.45) is 0.914. The van der Waals surface area contributed by atoms with Crippen LogP contribution in [-0.2, 0) is 20.0 Å². The standard InChI is InChI=1S/C16H19N3O/c1-12-14(9-15(10-17)19(12)2)11-18-8-7-13-3-5-16(20)6-4-13/h3-6,9,18,20H,7-8,11H2,1-2H3. The zero-order valence-electron chi connectivity index (χ0n) is 11.8. The van der Waals surface area contributed by atoms with Crippen molar-refractivity contribution < 1.29 is 5.11 Å². The molecule has 0 spiro atoms. The Bertz CT molecular complexity index is 620. The Hall–Kier alpha value is -2.25. The van der Waals surface area contributed by atoms with Crippen molar-refractivity contribution >= 4 is 0 Å². The molecule has 104 valence electrons. The average Bonchev–Trinajstić information content (AvgIpc) is 2.73. The molecule has 0 aliphatic carbocycles. The van der Waals surface area contributed by atoms with Gasteiger partial charge in [0.25, 0.3) is 0 Å². The molecule has 1 aromatic heterocycles. The van der Waals surface area contributed by atoms with Gasteiger partial charge in [0.1, 0.15) is 17.5 Å². The second kappa shape index (κ2) is 6.27. The molecule has 0 atom stereocenters. The maximum Gasteiger partial charge on any atom is 0.120 e. The minimum atomic E-state index is 0.297. The van der Waals surface area contributed by atoms with Crippen LogP contribution in [0.5, 0.6) is 5.75 Å². The van der Waals surface area contributed by atoms with Gasteiger partial charge in [0.05, 0.1) is 0 Å². The van der Waals surface area contributed by atoms with E-state index >= 15 is 0 Å². The van der Waals surface area contributed by atoms with E-state index in [0.29, 0.717) is 11.4 Å². The summed E-state index contributed by atoms with van der Waals surface area (Å²) < 4.78 is 1.91. The van der Waals surface area contributed by atoms with E-state index in [4.69, 9.17) is 5.26 Å². The lowest BCUT2D eigenvalue weighted by Gasteiger charge is -2.06. The lowest BCUT2D eigenvalue weighted by Crippen LogP contribution is -2.17. The Kier molecular flexibility index (Phi) is 4.44. The topological polar surface area (TPSA) is 61.0 Å². The molecule has 4 heteroatoms. The van der Waals surface area contributed by atoms with E-state index in [1.807, 2.05) is 36.7 Å². The van der Waals surface area contributed by atoms with Gasteiger partial charge < -0.3 is 15.0 Å². The second-order valence-corrected chi connectivity index (χ2v) is 4.90. The fraction of sp³-hybridized carbons (Fsp3) is 0.312. The van der Waals surface area contributed by atoms with Gasteiger partial charge in [0.15, 0.2) is 0 Å². The highest BCUT2D eigenvalue weighted by atomic mass is 16.3. The molecule has 0 aliphatic heterocycles. The van der Waals surface area contributed by atoms with E-state index in [1.54, 1.807) is 12.1 Å². The van der Waals surface area contributed by atoms with E-state index in [9.17, 15) is 5.11 Å². The number of hydrogen-bond donors (Lipinski definition) is 2. The van der Waals surface area contributed by atoms with Crippen molar-refractivity contribution in [3.63, 3.8) is 0 Å². The number of nitrogens with one attached hydrogen (secondary N) is 1. The maximum atomic E-state index is 9.21. The van der Waals surface area contributed by atoms with Crippen LogP contribution in [0.2, 0.25) is 0 Å². The van der Waals surface area contributed by atoms with E-state index < -0.39 is 0 Å². The third-order valence-electron chi connectivity index (χ3n) is 3.60. The SMILES string of the molecule is Cc1c(CNCCc2ccc(O)cc2)cc(C#N)n1C. The predicted octanol–water partition coefficient (Wildman–Crippen LogP) is 2.24. The molecule has 0 fully saturated rings. The molecule has 0 saturated heterocycles. The Labute approximate surface area is 119 Å². The van der Waals surface area contributed by atoms with E-state index in [2.05, 4.69) is 11.4 Å². The number of nitriles is 1. The van der Waals surface area contributed by atoms with Crippen LogP contribution < -0.4 is 5.32 Å². The Morgan fingerprint density at radius 2 is 2.00 bits per heavy atom. The quantitative estimate of drug-likeness (QED) is 0.818. The monoisotopic (exact) mass is 269 g/mol. The van der Waals surface area contributed by atoms with Crippen LogP contribution in [-0.4, -0.2) is 16.2 Å². The van der Waals surface area contributed by atoms with Crippen molar-refractivity contribution in [2.45, 2.75) is 19.9 Å². The number of phenolic OH excluding ortho intramolecular Hbond substituents is 1. The van der Waals surface area contributed by atoms with Crippen LogP contribution in [0.15, 0.2) is 30.3 Å². The molecule has 0 saturated carbocycles. The van der Waals surface area contributed by atoms with Gasteiger partial charge in [-0.1, -0.05) is 12.1 Å². The van der Waals surface area contributed by atoms with Crippen LogP contribution in [0.1, 0.15) is 22.5 Å². The minimum absolute atomic E-state index is 0.297. The molecule has 4 nitrogen and oxygen atoms in total. The number of hydrogen-bond acceptors (Lipinski definition) is 3. The predicted molar refractivity (Wildman–Crippen MR) is 78.4 cm³/mol. The van der Waals surface area contributed by atoms with Gasteiger partial charge in [0, 0.05) is 19.3 Å². The zero-order valence-corrected chi connectivity index (χ0v) is 11.8. The van der Waals surface area contributed by atoms with Crippen molar-refractivity contribution in [1.29, 1.82) is 5.26 Å². The minimum Gasteiger partial charge on any atom is -0.508 e. The number of rotatable bonds is 5. The molecule has 0 amide bonds. The first-order valence-electron chi connectivity index (χ1n) is 6.65. The van der Waals surface area contributed by atoms with Gasteiger partial charge in [-0.15, -0.1) is 0 Å². The second-order valence-electron chi connectivity index (χ2n) is 4.90. The van der Waals surface area contributed by atoms with Crippen LogP contribution >= 0.6 is 0 Å². The molecular formula is C16H19N3O. The summed E-state index contributed by atoms with van der Waals surface area (Å²) in [5.41, 5.74) is 4.17. The first kappa shape index (κ1) is 14.2. The molecule has 0 radical (unpaired) electrons. The summed E-state index contributed by atoms with van der Waals surface area (Å²) >= 11 is 0. The molecule has 1 heterocycles. The van der Waals surface area contributed by atoms with Gasteiger partial charge in [-0.05, 0) is 49.2 Å². The average molecular weight is 269 g/mol. The van der Waals surface area contributed by atoms with Crippen LogP contribution in [0, 0.1) is 18.3 Å². The lowest BCUT2D eigenvalue weighted by atomic mass is 10.1. The van der Waals surface area contributed by atoms with Gasteiger partial charge >= 0.3 is 0 Å². The highest BCUT2D eigenvalue weighted by molar-refractivity contribution is 5.34. The first-order chi connectivity index (χ1) is 9.61. The number of benzene rings is 1. The van der Waals surface area contributed by atoms with Gasteiger partial charge in [0.2, 0.25) is 0 Å². The Balaban J connectivity index is 1.85. The lowest BCUT2D eigenvalue weighted by molar-refractivity contribution is 0.475. The summed E-state index contributed by atoms with van der Waals surface area (Å²) in [5.74, 6) is 0.297. The summed E-state index contributed by atoms with van der Waals surface area (Å²) in [4.78, 5) is 0. The summed E-state index contributed by atoms with van der Waals surface area (Å²) in [6, 6.07) is 11.4. The van der Waals surface area contributed by atoms with Crippen LogP contribution in [0.4, 0.5) is 0 Å². The Morgan fingerprint density at radius 3 is 2.60 bits per heavy atom. The number of phenols is 1. The van der Waals surface area contributed by atoms with Crippen LogP contribution in [0.25, 0.3) is 0 Å². The van der Waals surface area contributed by atoms with Gasteiger partial charge in [-0.25, -0.2) is 0 Å². The highest BCUT2D eigenvalue weighted by Crippen LogP contribution is 2.13. The van der Waals surface area contributed by atoms with Crippen LogP contribution in [0.3, 0.4) is 0 Å². The van der Waals surface area contributed by atoms with Crippen molar-refractivity contribution in [3.05, 3.63) is 52.8 Å². The molecule has 0 bridgehead atoms. The molecule has 2 rings (SSSR count). The van der Waals surface area contributed by atoms with E-state index in [-0.39, 0.29) is 0 Å². The first-order valence-corrected chi connectivity index (χ1v) is 6.65. The summed E-state index contributed by atoms with van der Waals surface area (Å²) in [6.45, 7) is 3.65. The molecule has 20 heavy (non-hydrogen) atoms. The smallest absolute Gasteiger partial charge is 0.120 e. The highest BCUT2D eigenvalue weighted by Gasteiger charge is 2.07. The molecule has 0 aliphatic rings. The van der Waals surface area contributed by atoms with Crippen molar-refractivity contribution in [1.82, 2.24) is 9.88 Å². The number of aromatic nitrogens is 1. The Morgan fingerprint density at radius 1 is 1.30 bits per heavy atom. The van der Waals surface area contributed by atoms with Crippen molar-refractivity contribution in [2.75, 3.05) is 6.54 Å². The van der Waals surface area contributed by atoms with Gasteiger partial charge in [-0.2, -0.15) is 5.26 Å². The van der Waals surface area contributed by atoms with E-state index in [0.717, 1.165) is 30.8 Å². The molecule has 2 N–H and O–H groups in total. The number of aromatic hydroxyl groups is 1. The van der Waals surface area contributed by atoms with Crippen molar-refractivity contribution in [3.8, 4) is 11.8 Å². The third-order valence-corrected chi connectivity index (χ3v) is 3.60. The number of nitrogens with zero attached hydrogens (tertiary/aromatic N) is 2.